The number of aromatic carboxylic acids is 1. The van der Waals surface area contributed by atoms with E-state index in [-0.39, 0.29) is 53.1 Å². The number of nitrogens with zero attached hydrogens (tertiary/aromatic N) is 5. The van der Waals surface area contributed by atoms with Crippen molar-refractivity contribution < 1.29 is 27.8 Å². The maximum atomic E-state index is 14.0. The zero-order chi connectivity index (χ0) is 33.7. The molecule has 1 N–H and O–H groups in total. The van der Waals surface area contributed by atoms with Gasteiger partial charge in [-0.15, -0.1) is 11.3 Å². The van der Waals surface area contributed by atoms with Crippen molar-refractivity contribution in [2.75, 3.05) is 20.7 Å². The molecule has 0 saturated carbocycles. The molecule has 2 aromatic carbocycles. The van der Waals surface area contributed by atoms with Crippen LogP contribution in [0.1, 0.15) is 43.4 Å². The first-order valence-corrected chi connectivity index (χ1v) is 15.1. The number of aryl methyl sites for hydroxylation is 3. The van der Waals surface area contributed by atoms with Crippen molar-refractivity contribution in [2.24, 2.45) is 0 Å². The Hall–Kier alpha value is -4.51. The number of carboxylic acids is 1. The Morgan fingerprint density at radius 1 is 1.15 bits per heavy atom. The van der Waals surface area contributed by atoms with Crippen LogP contribution in [0.3, 0.4) is 0 Å². The highest BCUT2D eigenvalue weighted by atomic mass is 35.5. The number of hydrogen-bond donors (Lipinski definition) is 1. The van der Waals surface area contributed by atoms with Gasteiger partial charge in [-0.3, -0.25) is 14.3 Å². The number of rotatable bonds is 8. The summed E-state index contributed by atoms with van der Waals surface area (Å²) in [4.78, 5) is 36.6. The van der Waals surface area contributed by atoms with E-state index in [1.807, 2.05) is 12.1 Å². The zero-order valence-corrected chi connectivity index (χ0v) is 26.9. The fourth-order valence-electron chi connectivity index (χ4n) is 5.49. The third-order valence-corrected chi connectivity index (χ3v) is 8.76. The van der Waals surface area contributed by atoms with E-state index in [2.05, 4.69) is 9.97 Å². The lowest BCUT2D eigenvalue weighted by molar-refractivity contribution is -0.138. The Labute approximate surface area is 270 Å². The topological polar surface area (TPSA) is 121 Å². The molecular formula is C32H27ClF3N5O4S. The molecule has 238 valence electrons. The number of halogens is 4. The molecule has 3 heterocycles. The van der Waals surface area contributed by atoms with E-state index in [0.717, 1.165) is 6.07 Å². The van der Waals surface area contributed by atoms with Crippen molar-refractivity contribution in [3.63, 3.8) is 0 Å². The second kappa shape index (κ2) is 12.4. The number of nitriles is 1. The number of carboxylic acid groups (broad SMARTS) is 1. The summed E-state index contributed by atoms with van der Waals surface area (Å²) < 4.78 is 50.1. The Morgan fingerprint density at radius 2 is 1.87 bits per heavy atom. The van der Waals surface area contributed by atoms with Crippen molar-refractivity contribution in [1.82, 2.24) is 19.4 Å². The highest BCUT2D eigenvalue weighted by molar-refractivity contribution is 7.20. The van der Waals surface area contributed by atoms with E-state index in [9.17, 15) is 33.1 Å². The smallest absolute Gasteiger partial charge is 0.416 e. The lowest BCUT2D eigenvalue weighted by Gasteiger charge is -2.20. The Balaban J connectivity index is 1.56. The predicted octanol–water partition coefficient (Wildman–Crippen LogP) is 6.98. The molecule has 5 rings (SSSR count). The fourth-order valence-corrected chi connectivity index (χ4v) is 6.78. The van der Waals surface area contributed by atoms with Crippen LogP contribution in [0, 0.1) is 32.1 Å². The van der Waals surface area contributed by atoms with E-state index < -0.39 is 23.3 Å². The first-order chi connectivity index (χ1) is 21.6. The lowest BCUT2D eigenvalue weighted by atomic mass is 9.96. The van der Waals surface area contributed by atoms with Gasteiger partial charge in [0, 0.05) is 33.3 Å². The van der Waals surface area contributed by atoms with Crippen LogP contribution in [-0.2, 0) is 19.3 Å². The van der Waals surface area contributed by atoms with Crippen LogP contribution >= 0.6 is 22.9 Å². The van der Waals surface area contributed by atoms with Crippen LogP contribution < -0.4 is 10.3 Å². The van der Waals surface area contributed by atoms with Gasteiger partial charge < -0.3 is 14.7 Å². The van der Waals surface area contributed by atoms with E-state index in [0.29, 0.717) is 42.7 Å². The van der Waals surface area contributed by atoms with Crippen LogP contribution in [-0.4, -0.2) is 51.2 Å². The predicted molar refractivity (Wildman–Crippen MR) is 170 cm³/mol. The average molecular weight is 670 g/mol. The van der Waals surface area contributed by atoms with E-state index in [4.69, 9.17) is 16.3 Å². The van der Waals surface area contributed by atoms with Crippen LogP contribution in [0.25, 0.3) is 32.2 Å². The summed E-state index contributed by atoms with van der Waals surface area (Å²) in [6, 6.07) is 9.45. The summed E-state index contributed by atoms with van der Waals surface area (Å²) in [5, 5.41) is 20.0. The summed E-state index contributed by atoms with van der Waals surface area (Å²) in [5.74, 6) is -0.529. The molecule has 0 amide bonds. The maximum absolute atomic E-state index is 14.0. The quantitative estimate of drug-likeness (QED) is 0.188. The van der Waals surface area contributed by atoms with Crippen molar-refractivity contribution in [3.8, 4) is 22.9 Å². The molecular weight excluding hydrogens is 643 g/mol. The van der Waals surface area contributed by atoms with Gasteiger partial charge in [0.05, 0.1) is 44.4 Å². The van der Waals surface area contributed by atoms with Crippen molar-refractivity contribution in [1.29, 1.82) is 5.26 Å². The van der Waals surface area contributed by atoms with Crippen LogP contribution in [0.2, 0.25) is 5.02 Å². The summed E-state index contributed by atoms with van der Waals surface area (Å²) in [5.41, 5.74) is -0.206. The number of carbonyl (C=O) groups is 1. The van der Waals surface area contributed by atoms with E-state index in [1.165, 1.54) is 27.7 Å². The van der Waals surface area contributed by atoms with Crippen molar-refractivity contribution >= 4 is 50.0 Å². The summed E-state index contributed by atoms with van der Waals surface area (Å²) in [7, 11) is 3.14. The third-order valence-electron chi connectivity index (χ3n) is 7.40. The van der Waals surface area contributed by atoms with Gasteiger partial charge in [0.1, 0.15) is 24.3 Å². The second-order valence-corrected chi connectivity index (χ2v) is 12.6. The number of pyridine rings is 1. The molecule has 3 aromatic heterocycles. The van der Waals surface area contributed by atoms with Gasteiger partial charge in [-0.25, -0.2) is 9.78 Å². The number of thiophene rings is 1. The third kappa shape index (κ3) is 6.03. The highest BCUT2D eigenvalue weighted by Gasteiger charge is 2.36. The maximum Gasteiger partial charge on any atom is 0.416 e. The first-order valence-electron chi connectivity index (χ1n) is 13.9. The standard InChI is InChI=1S/C32H27ClF3N5O4S/c1-15-10-20(29-28(38-15)26(31(43)44)16(2)46-29)19-11-18(33)6-7-25(19)45-9-8-41-17(3)39-24-12-23(32(34,35)36)22(14-40(4)5)21(13-37)27(24)30(41)42/h6-7,10-12H,8-9,14H2,1-5H3,(H,43,44). The number of ether oxygens (including phenoxy) is 1. The number of benzene rings is 2. The summed E-state index contributed by atoms with van der Waals surface area (Å²) >= 11 is 7.66. The van der Waals surface area contributed by atoms with Crippen LogP contribution in [0.4, 0.5) is 13.2 Å². The largest absolute Gasteiger partial charge is 0.491 e. The van der Waals surface area contributed by atoms with Gasteiger partial charge in [0.25, 0.3) is 5.56 Å². The Bertz CT molecular complexity index is 2150. The lowest BCUT2D eigenvalue weighted by Crippen LogP contribution is -2.28. The molecule has 0 aliphatic heterocycles. The molecule has 0 spiro atoms. The molecule has 0 aliphatic rings. The Morgan fingerprint density at radius 3 is 2.50 bits per heavy atom. The summed E-state index contributed by atoms with van der Waals surface area (Å²) in [6.45, 7) is 4.68. The van der Waals surface area contributed by atoms with E-state index >= 15 is 0 Å². The monoisotopic (exact) mass is 669 g/mol. The van der Waals surface area contributed by atoms with Gasteiger partial charge in [-0.2, -0.15) is 18.4 Å². The highest BCUT2D eigenvalue weighted by Crippen LogP contribution is 2.42. The molecule has 14 heteroatoms. The SMILES string of the molecule is Cc1cc(-c2cc(Cl)ccc2OCCn2c(C)nc3cc(C(F)(F)F)c(CN(C)C)c(C#N)c3c2=O)c2sc(C)c(C(=O)O)c2n1. The van der Waals surface area contributed by atoms with Gasteiger partial charge >= 0.3 is 12.1 Å². The first kappa shape index (κ1) is 32.9. The number of aromatic nitrogens is 3. The minimum absolute atomic E-state index is 0.0311. The van der Waals surface area contributed by atoms with Crippen LogP contribution in [0.5, 0.6) is 5.75 Å². The second-order valence-electron chi connectivity index (χ2n) is 11.0. The normalized spacial score (nSPS) is 11.8. The molecule has 0 saturated heterocycles. The minimum Gasteiger partial charge on any atom is -0.491 e. The molecule has 0 unspecified atom stereocenters. The van der Waals surface area contributed by atoms with Gasteiger partial charge in [-0.1, -0.05) is 11.6 Å². The molecule has 0 bridgehead atoms. The summed E-state index contributed by atoms with van der Waals surface area (Å²) in [6.07, 6.45) is -4.75. The molecule has 0 aliphatic carbocycles. The van der Waals surface area contributed by atoms with Gasteiger partial charge in [0.2, 0.25) is 0 Å². The number of alkyl halides is 3. The molecule has 9 nitrogen and oxygen atoms in total. The molecule has 0 fully saturated rings. The molecule has 5 aromatic rings. The number of fused-ring (bicyclic) bond motifs is 2. The average Bonchev–Trinajstić information content (AvgIpc) is 3.29. The van der Waals surface area contributed by atoms with Gasteiger partial charge in [-0.05, 0) is 70.8 Å². The van der Waals surface area contributed by atoms with Crippen molar-refractivity contribution in [2.45, 2.75) is 40.0 Å². The van der Waals surface area contributed by atoms with Gasteiger partial charge in [0.15, 0.2) is 0 Å². The molecule has 0 radical (unpaired) electrons. The molecule has 0 atom stereocenters. The fraction of sp³-hybridized carbons (Fsp3) is 0.281. The van der Waals surface area contributed by atoms with E-state index in [1.54, 1.807) is 46.1 Å². The number of hydrogen-bond acceptors (Lipinski definition) is 8. The minimum atomic E-state index is -4.75. The van der Waals surface area contributed by atoms with Crippen LogP contribution in [0.15, 0.2) is 35.1 Å². The zero-order valence-electron chi connectivity index (χ0n) is 25.3. The van der Waals surface area contributed by atoms with Crippen molar-refractivity contribution in [3.05, 3.63) is 84.4 Å². The Kier molecular flexibility index (Phi) is 8.83. The molecule has 46 heavy (non-hydrogen) atoms.